The third kappa shape index (κ3) is 13.0. The van der Waals surface area contributed by atoms with E-state index < -0.39 is 0 Å². The van der Waals surface area contributed by atoms with Gasteiger partial charge in [0, 0.05) is 68.1 Å². The topological polar surface area (TPSA) is 138 Å². The van der Waals surface area contributed by atoms with Gasteiger partial charge in [-0.15, -0.1) is 47.3 Å². The number of aromatic nitrogens is 3. The molecule has 0 aliphatic rings. The number of fused-ring (bicyclic) bond motifs is 3. The molecule has 3 aromatic heterocycles. The molecule has 0 bridgehead atoms. The lowest BCUT2D eigenvalue weighted by atomic mass is 9.97. The molecule has 0 fully saturated rings. The average Bonchev–Trinajstić information content (AvgIpc) is 3.33. The van der Waals surface area contributed by atoms with E-state index in [9.17, 15) is 20.4 Å². The predicted molar refractivity (Wildman–Crippen MR) is 304 cm³/mol. The van der Waals surface area contributed by atoms with Crippen molar-refractivity contribution in [2.75, 3.05) is 14.2 Å². The van der Waals surface area contributed by atoms with Crippen LogP contribution in [0.2, 0.25) is 0 Å². The van der Waals surface area contributed by atoms with Crippen molar-refractivity contribution in [2.45, 2.75) is 59.3 Å². The smallest absolute Gasteiger partial charge is 0.369 e. The number of hydrogen-bond acceptors (Lipinski definition) is 9. The number of aromatic hydroxyl groups is 4. The number of ether oxygens (including phenoxy) is 2. The van der Waals surface area contributed by atoms with Crippen LogP contribution in [0.3, 0.4) is 0 Å². The normalized spacial score (nSPS) is 10.9. The minimum atomic E-state index is 0.0231. The molecule has 0 saturated carbocycles. The summed E-state index contributed by atoms with van der Waals surface area (Å²) in [6, 6.07) is 39.2. The molecule has 9 nitrogen and oxygen atoms in total. The van der Waals surface area contributed by atoms with Gasteiger partial charge in [0.1, 0.15) is 34.5 Å². The molecule has 0 radical (unpaired) electrons. The number of phenolic OH excluding ortho intramolecular Hbond substituents is 4. The first-order valence-corrected chi connectivity index (χ1v) is 26.0. The van der Waals surface area contributed by atoms with Crippen molar-refractivity contribution in [2.24, 2.45) is 0 Å². The summed E-state index contributed by atoms with van der Waals surface area (Å²) >= 11 is 12.7. The van der Waals surface area contributed by atoms with Crippen LogP contribution in [0, 0.1) is 0 Å². The van der Waals surface area contributed by atoms with Crippen LogP contribution in [0.1, 0.15) is 76.0 Å². The van der Waals surface area contributed by atoms with E-state index in [2.05, 4.69) is 110 Å². The fraction of sp³-hybridized carbons (Fsp3) is 0.196. The number of methoxy groups -OCH3 is 2. The molecule has 3 heterocycles. The zero-order chi connectivity index (χ0) is 50.8. The molecule has 0 aliphatic carbocycles. The number of nitrogens with zero attached hydrogens (tertiary/aromatic N) is 3. The number of benzene rings is 6. The highest BCUT2D eigenvalue weighted by atomic mass is 79.9. The fourth-order valence-corrected chi connectivity index (χ4v) is 8.66. The van der Waals surface area contributed by atoms with Gasteiger partial charge < -0.3 is 29.9 Å². The SMILES string of the molecule is BrB(Br)Br.CC(C)c1c(O)cc(-c2cc3ccccc3cn2)c(Br)c1O.CC(C)c1c(O)cc(-c2cc3ccccc3cn2)cc1O.COc1cc(-c2cc3ccccc3cn2)cc(OC)c1C(C)C. The molecule has 0 saturated heterocycles. The molecule has 0 unspecified atom stereocenters. The maximum Gasteiger partial charge on any atom is 0.369 e. The van der Waals surface area contributed by atoms with Crippen molar-refractivity contribution in [3.05, 3.63) is 161 Å². The number of hydrogen-bond donors (Lipinski definition) is 4. The van der Waals surface area contributed by atoms with Crippen LogP contribution in [0.15, 0.2) is 144 Å². The quantitative estimate of drug-likeness (QED) is 0.110. The Balaban J connectivity index is 0.000000166. The van der Waals surface area contributed by atoms with Crippen LogP contribution >= 0.6 is 63.2 Å². The maximum atomic E-state index is 10.4. The molecular formula is C56H54BBr4N3O6. The number of rotatable bonds is 8. The van der Waals surface area contributed by atoms with Crippen LogP contribution in [0.5, 0.6) is 34.5 Å². The van der Waals surface area contributed by atoms with Crippen LogP contribution in [0.25, 0.3) is 66.1 Å². The van der Waals surface area contributed by atoms with Gasteiger partial charge in [-0.2, -0.15) is 0 Å². The lowest BCUT2D eigenvalue weighted by Gasteiger charge is -2.18. The van der Waals surface area contributed by atoms with E-state index in [1.54, 1.807) is 44.8 Å². The Morgan fingerprint density at radius 3 is 1.14 bits per heavy atom. The Bertz CT molecular complexity index is 3210. The molecular weight excluding hydrogens is 1140 g/mol. The van der Waals surface area contributed by atoms with E-state index in [0.717, 1.165) is 60.9 Å². The highest BCUT2D eigenvalue weighted by molar-refractivity contribution is 9.69. The molecule has 0 aliphatic heterocycles. The lowest BCUT2D eigenvalue weighted by Crippen LogP contribution is -2.00. The Hall–Kier alpha value is -5.67. The zero-order valence-electron chi connectivity index (χ0n) is 40.0. The predicted octanol–water partition coefficient (Wildman–Crippen LogP) is 16.8. The third-order valence-corrected chi connectivity index (χ3v) is 12.2. The van der Waals surface area contributed by atoms with Crippen molar-refractivity contribution in [1.29, 1.82) is 0 Å². The third-order valence-electron chi connectivity index (χ3n) is 11.4. The molecule has 14 heteroatoms. The van der Waals surface area contributed by atoms with E-state index in [1.165, 1.54) is 5.39 Å². The van der Waals surface area contributed by atoms with Crippen molar-refractivity contribution in [3.63, 3.8) is 0 Å². The van der Waals surface area contributed by atoms with Gasteiger partial charge in [-0.25, -0.2) is 0 Å². The fourth-order valence-electron chi connectivity index (χ4n) is 8.13. The van der Waals surface area contributed by atoms with Crippen LogP contribution in [0.4, 0.5) is 0 Å². The van der Waals surface area contributed by atoms with E-state index >= 15 is 0 Å². The molecule has 0 atom stereocenters. The minimum Gasteiger partial charge on any atom is -0.507 e. The molecule has 6 aromatic carbocycles. The average molecular weight is 1200 g/mol. The van der Waals surface area contributed by atoms with Gasteiger partial charge in [-0.3, -0.25) is 15.0 Å². The molecule has 0 spiro atoms. The monoisotopic (exact) mass is 1190 g/mol. The summed E-state index contributed by atoms with van der Waals surface area (Å²) in [5.41, 5.74) is 6.91. The highest BCUT2D eigenvalue weighted by Gasteiger charge is 2.21. The van der Waals surface area contributed by atoms with Gasteiger partial charge in [-0.1, -0.05) is 114 Å². The van der Waals surface area contributed by atoms with Crippen molar-refractivity contribution in [1.82, 2.24) is 15.0 Å². The first kappa shape index (κ1) is 53.7. The van der Waals surface area contributed by atoms with E-state index in [0.29, 0.717) is 38.3 Å². The molecule has 360 valence electrons. The van der Waals surface area contributed by atoms with Crippen molar-refractivity contribution in [3.8, 4) is 68.3 Å². The summed E-state index contributed by atoms with van der Waals surface area (Å²) in [7, 11) is 3.39. The Morgan fingerprint density at radius 2 is 0.771 bits per heavy atom. The standard InChI is InChI=1S/C20H21NO2.C18H16BrNO2.C18H17NO2.BBr3/c1-13(2)20-18(22-3)10-16(11-19(20)23-4)17-9-14-7-5-6-8-15(14)12-21-17;1-10(2)16-15(21)8-13(17(19)18(16)22)14-7-11-5-3-4-6-12(11)9-20-14;1-11(2)18-16(20)8-14(9-17(18)21)15-7-12-5-3-4-6-13(12)10-19-15;2-1(3)4/h5-13H,1-4H3;3-10,21-22H,1-2H3;3-11,20-21H,1-2H3;. The summed E-state index contributed by atoms with van der Waals surface area (Å²) in [5.74, 6) is 2.44. The summed E-state index contributed by atoms with van der Waals surface area (Å²) in [6.07, 6.45) is 5.50. The highest BCUT2D eigenvalue weighted by Crippen LogP contribution is 2.45. The second kappa shape index (κ2) is 24.4. The minimum absolute atomic E-state index is 0.0231. The second-order valence-electron chi connectivity index (χ2n) is 17.2. The Morgan fingerprint density at radius 1 is 0.443 bits per heavy atom. The van der Waals surface area contributed by atoms with Gasteiger partial charge >= 0.3 is 3.18 Å². The van der Waals surface area contributed by atoms with Crippen molar-refractivity contribution >= 4 is 98.7 Å². The van der Waals surface area contributed by atoms with Gasteiger partial charge in [0.05, 0.1) is 35.8 Å². The van der Waals surface area contributed by atoms with Crippen LogP contribution in [-0.2, 0) is 0 Å². The first-order chi connectivity index (χ1) is 33.4. The lowest BCUT2D eigenvalue weighted by molar-refractivity contribution is 0.382. The largest absolute Gasteiger partial charge is 0.507 e. The molecule has 70 heavy (non-hydrogen) atoms. The second-order valence-corrected chi connectivity index (χ2v) is 24.4. The van der Waals surface area contributed by atoms with Crippen LogP contribution < -0.4 is 9.47 Å². The molecule has 9 rings (SSSR count). The number of phenols is 4. The summed E-state index contributed by atoms with van der Waals surface area (Å²) in [6.45, 7) is 12.0. The zero-order valence-corrected chi connectivity index (χ0v) is 46.4. The molecule has 0 amide bonds. The maximum absolute atomic E-state index is 10.4. The van der Waals surface area contributed by atoms with E-state index in [4.69, 9.17) is 9.47 Å². The van der Waals surface area contributed by atoms with Gasteiger partial charge in [0.15, 0.2) is 0 Å². The summed E-state index contributed by atoms with van der Waals surface area (Å²) < 4.78 is 12.0. The van der Waals surface area contributed by atoms with E-state index in [1.807, 2.05) is 119 Å². The Labute approximate surface area is 443 Å². The van der Waals surface area contributed by atoms with Gasteiger partial charge in [0.2, 0.25) is 0 Å². The van der Waals surface area contributed by atoms with E-state index in [-0.39, 0.29) is 38.0 Å². The molecule has 9 aromatic rings. The summed E-state index contributed by atoms with van der Waals surface area (Å²) in [5, 5.41) is 47.4. The van der Waals surface area contributed by atoms with Crippen LogP contribution in [-0.4, -0.2) is 52.8 Å². The number of pyridine rings is 3. The van der Waals surface area contributed by atoms with Gasteiger partial charge in [0.25, 0.3) is 0 Å². The van der Waals surface area contributed by atoms with Crippen molar-refractivity contribution < 1.29 is 29.9 Å². The Kier molecular flexibility index (Phi) is 18.7. The summed E-state index contributed by atoms with van der Waals surface area (Å²) in [4.78, 5) is 13.4. The number of halogens is 4. The molecule has 4 N–H and O–H groups in total. The van der Waals surface area contributed by atoms with Gasteiger partial charge in [-0.05, 0) is 98.4 Å². The first-order valence-electron chi connectivity index (χ1n) is 22.5.